The van der Waals surface area contributed by atoms with Crippen LogP contribution < -0.4 is 0 Å². The van der Waals surface area contributed by atoms with Crippen LogP contribution in [0.4, 0.5) is 13.2 Å². The standard InChI is InChI=1S/C11H16F3NO3/c1-10(2,11(12,13)14)5-8(16)15(6-9(17)18)7-3-4-7/h7H,3-6H2,1-2H3,(H,17,18). The Morgan fingerprint density at radius 2 is 1.78 bits per heavy atom. The van der Waals surface area contributed by atoms with Crippen molar-refractivity contribution in [1.82, 2.24) is 4.90 Å². The van der Waals surface area contributed by atoms with Gasteiger partial charge in [0.05, 0.1) is 5.41 Å². The van der Waals surface area contributed by atoms with Gasteiger partial charge in [-0.2, -0.15) is 13.2 Å². The number of nitrogens with zero attached hydrogens (tertiary/aromatic N) is 1. The van der Waals surface area contributed by atoms with E-state index in [0.717, 1.165) is 18.7 Å². The van der Waals surface area contributed by atoms with Crippen LogP contribution in [0.1, 0.15) is 33.1 Å². The second-order valence-electron chi connectivity index (χ2n) is 5.20. The lowest BCUT2D eigenvalue weighted by Crippen LogP contribution is -2.43. The molecule has 1 saturated carbocycles. The Kier molecular flexibility index (Phi) is 3.92. The molecule has 0 aromatic heterocycles. The minimum atomic E-state index is -4.49. The average molecular weight is 267 g/mol. The fourth-order valence-electron chi connectivity index (χ4n) is 1.53. The molecule has 1 aliphatic carbocycles. The first-order valence-electron chi connectivity index (χ1n) is 5.62. The summed E-state index contributed by atoms with van der Waals surface area (Å²) in [6.45, 7) is 1.35. The van der Waals surface area contributed by atoms with Crippen LogP contribution in [0.15, 0.2) is 0 Å². The molecular weight excluding hydrogens is 251 g/mol. The average Bonchev–Trinajstić information content (AvgIpc) is 2.93. The van der Waals surface area contributed by atoms with Gasteiger partial charge in [-0.15, -0.1) is 0 Å². The van der Waals surface area contributed by atoms with Crippen LogP contribution in [0.2, 0.25) is 0 Å². The lowest BCUT2D eigenvalue weighted by atomic mass is 9.88. The summed E-state index contributed by atoms with van der Waals surface area (Å²) >= 11 is 0. The number of hydrogen-bond acceptors (Lipinski definition) is 2. The Bertz CT molecular complexity index is 348. The minimum absolute atomic E-state index is 0.211. The number of alkyl halides is 3. The highest BCUT2D eigenvalue weighted by Gasteiger charge is 2.49. The van der Waals surface area contributed by atoms with Gasteiger partial charge in [-0.05, 0) is 12.8 Å². The highest BCUT2D eigenvalue weighted by Crippen LogP contribution is 2.41. The normalized spacial score (nSPS) is 16.5. The number of rotatable bonds is 5. The maximum Gasteiger partial charge on any atom is 0.394 e. The maximum absolute atomic E-state index is 12.6. The number of carbonyl (C=O) groups is 2. The SMILES string of the molecule is CC(C)(CC(=O)N(CC(=O)O)C1CC1)C(F)(F)F. The topological polar surface area (TPSA) is 57.6 Å². The van der Waals surface area contributed by atoms with Crippen molar-refractivity contribution in [2.24, 2.45) is 5.41 Å². The molecular formula is C11H16F3NO3. The molecule has 0 bridgehead atoms. The van der Waals surface area contributed by atoms with Gasteiger partial charge in [0, 0.05) is 12.5 Å². The van der Waals surface area contributed by atoms with E-state index in [1.54, 1.807) is 0 Å². The van der Waals surface area contributed by atoms with Crippen LogP contribution in [0.3, 0.4) is 0 Å². The van der Waals surface area contributed by atoms with Crippen molar-refractivity contribution < 1.29 is 27.9 Å². The van der Waals surface area contributed by atoms with Gasteiger partial charge in [0.1, 0.15) is 6.54 Å². The molecule has 0 unspecified atom stereocenters. The second kappa shape index (κ2) is 4.78. The molecule has 104 valence electrons. The summed E-state index contributed by atoms with van der Waals surface area (Å²) in [6, 6.07) is -0.211. The van der Waals surface area contributed by atoms with E-state index >= 15 is 0 Å². The van der Waals surface area contributed by atoms with Gasteiger partial charge in [0.25, 0.3) is 0 Å². The summed E-state index contributed by atoms with van der Waals surface area (Å²) in [4.78, 5) is 23.4. The van der Waals surface area contributed by atoms with E-state index in [9.17, 15) is 22.8 Å². The first-order valence-corrected chi connectivity index (χ1v) is 5.62. The summed E-state index contributed by atoms with van der Waals surface area (Å²) in [5.41, 5.74) is -2.14. The van der Waals surface area contributed by atoms with E-state index in [-0.39, 0.29) is 6.04 Å². The van der Waals surface area contributed by atoms with Crippen molar-refractivity contribution in [2.45, 2.75) is 45.3 Å². The largest absolute Gasteiger partial charge is 0.480 e. The van der Waals surface area contributed by atoms with E-state index in [2.05, 4.69) is 0 Å². The summed E-state index contributed by atoms with van der Waals surface area (Å²) in [7, 11) is 0. The molecule has 18 heavy (non-hydrogen) atoms. The van der Waals surface area contributed by atoms with Crippen molar-refractivity contribution in [3.8, 4) is 0 Å². The van der Waals surface area contributed by atoms with E-state index in [1.807, 2.05) is 0 Å². The zero-order valence-corrected chi connectivity index (χ0v) is 10.3. The Balaban J connectivity index is 2.70. The quantitative estimate of drug-likeness (QED) is 0.829. The minimum Gasteiger partial charge on any atom is -0.480 e. The number of amides is 1. The highest BCUT2D eigenvalue weighted by atomic mass is 19.4. The molecule has 1 aliphatic rings. The first kappa shape index (κ1) is 14.8. The molecule has 0 aromatic rings. The number of carboxylic acid groups (broad SMARTS) is 1. The van der Waals surface area contributed by atoms with Crippen LogP contribution in [0.5, 0.6) is 0 Å². The third-order valence-electron chi connectivity index (χ3n) is 2.97. The molecule has 4 nitrogen and oxygen atoms in total. The highest BCUT2D eigenvalue weighted by molar-refractivity contribution is 5.82. The molecule has 0 saturated heterocycles. The van der Waals surface area contributed by atoms with Gasteiger partial charge in [-0.1, -0.05) is 13.8 Å². The maximum atomic E-state index is 12.6. The van der Waals surface area contributed by atoms with E-state index in [0.29, 0.717) is 12.8 Å². The van der Waals surface area contributed by atoms with Crippen molar-refractivity contribution >= 4 is 11.9 Å². The van der Waals surface area contributed by atoms with Gasteiger partial charge in [0.2, 0.25) is 5.91 Å². The molecule has 0 heterocycles. The fourth-order valence-corrected chi connectivity index (χ4v) is 1.53. The van der Waals surface area contributed by atoms with Crippen molar-refractivity contribution in [1.29, 1.82) is 0 Å². The molecule has 0 aliphatic heterocycles. The monoisotopic (exact) mass is 267 g/mol. The van der Waals surface area contributed by atoms with Crippen LogP contribution in [0.25, 0.3) is 0 Å². The number of carbonyl (C=O) groups excluding carboxylic acids is 1. The van der Waals surface area contributed by atoms with E-state index in [1.165, 1.54) is 0 Å². The lowest BCUT2D eigenvalue weighted by molar-refractivity contribution is -0.215. The van der Waals surface area contributed by atoms with Crippen molar-refractivity contribution in [3.05, 3.63) is 0 Å². The summed E-state index contributed by atoms with van der Waals surface area (Å²) in [5, 5.41) is 8.65. The Hall–Kier alpha value is -1.27. The summed E-state index contributed by atoms with van der Waals surface area (Å²) in [6.07, 6.45) is -3.89. The zero-order chi connectivity index (χ0) is 14.1. The van der Waals surface area contributed by atoms with E-state index < -0.39 is 36.4 Å². The van der Waals surface area contributed by atoms with Crippen molar-refractivity contribution in [3.63, 3.8) is 0 Å². The predicted molar refractivity (Wildman–Crippen MR) is 56.8 cm³/mol. The fraction of sp³-hybridized carbons (Fsp3) is 0.818. The van der Waals surface area contributed by atoms with Crippen LogP contribution in [-0.4, -0.2) is 40.6 Å². The molecule has 7 heteroatoms. The third-order valence-corrected chi connectivity index (χ3v) is 2.97. The van der Waals surface area contributed by atoms with Gasteiger partial charge >= 0.3 is 12.1 Å². The molecule has 1 rings (SSSR count). The van der Waals surface area contributed by atoms with Crippen LogP contribution >= 0.6 is 0 Å². The second-order valence-corrected chi connectivity index (χ2v) is 5.20. The Morgan fingerprint density at radius 1 is 1.28 bits per heavy atom. The molecule has 0 aromatic carbocycles. The molecule has 0 atom stereocenters. The first-order chi connectivity index (χ1) is 8.04. The predicted octanol–water partition coefficient (Wildman–Crippen LogP) is 2.04. The van der Waals surface area contributed by atoms with Gasteiger partial charge in [0.15, 0.2) is 0 Å². The zero-order valence-electron chi connectivity index (χ0n) is 10.3. The van der Waals surface area contributed by atoms with Crippen LogP contribution in [0, 0.1) is 5.41 Å². The molecule has 0 spiro atoms. The summed E-state index contributed by atoms with van der Waals surface area (Å²) in [5.74, 6) is -1.96. The van der Waals surface area contributed by atoms with Gasteiger partial charge in [-0.3, -0.25) is 9.59 Å². The number of aliphatic carboxylic acids is 1. The number of hydrogen-bond donors (Lipinski definition) is 1. The summed E-state index contributed by atoms with van der Waals surface area (Å²) < 4.78 is 37.9. The smallest absolute Gasteiger partial charge is 0.394 e. The van der Waals surface area contributed by atoms with Crippen LogP contribution in [-0.2, 0) is 9.59 Å². The third kappa shape index (κ3) is 3.61. The Morgan fingerprint density at radius 3 is 2.11 bits per heavy atom. The lowest BCUT2D eigenvalue weighted by Gasteiger charge is -2.30. The van der Waals surface area contributed by atoms with Gasteiger partial charge < -0.3 is 10.0 Å². The number of halogens is 3. The van der Waals surface area contributed by atoms with E-state index in [4.69, 9.17) is 5.11 Å². The molecule has 0 radical (unpaired) electrons. The molecule has 1 amide bonds. The molecule has 1 N–H and O–H groups in total. The van der Waals surface area contributed by atoms with Gasteiger partial charge in [-0.25, -0.2) is 0 Å². The molecule has 1 fully saturated rings. The van der Waals surface area contributed by atoms with Crippen molar-refractivity contribution in [2.75, 3.05) is 6.54 Å². The Labute approximate surface area is 103 Å². The number of carboxylic acids is 1.